The maximum atomic E-state index is 12.0. The summed E-state index contributed by atoms with van der Waals surface area (Å²) in [4.78, 5) is 23.2. The van der Waals surface area contributed by atoms with Gasteiger partial charge in [0.1, 0.15) is 0 Å². The molecule has 0 aliphatic carbocycles. The molecule has 2 amide bonds. The van der Waals surface area contributed by atoms with Crippen molar-refractivity contribution in [3.63, 3.8) is 0 Å². The molecule has 0 heterocycles. The topological polar surface area (TPSA) is 70.2 Å². The van der Waals surface area contributed by atoms with Gasteiger partial charge >= 0.3 is 0 Å². The first-order valence-corrected chi connectivity index (χ1v) is 8.92. The molecule has 0 saturated heterocycles. The lowest BCUT2D eigenvalue weighted by molar-refractivity contribution is -0.121. The first kappa shape index (κ1) is 19.6. The van der Waals surface area contributed by atoms with Crippen LogP contribution in [-0.4, -0.2) is 24.0 Å². The molecule has 0 radical (unpaired) electrons. The van der Waals surface area contributed by atoms with Crippen molar-refractivity contribution in [2.24, 2.45) is 0 Å². The number of anilines is 1. The van der Waals surface area contributed by atoms with E-state index in [9.17, 15) is 9.59 Å². The van der Waals surface area contributed by atoms with Crippen LogP contribution in [0.1, 0.15) is 24.0 Å². The van der Waals surface area contributed by atoms with Gasteiger partial charge < -0.3 is 16.0 Å². The summed E-state index contributed by atoms with van der Waals surface area (Å²) in [7, 11) is 1.63. The van der Waals surface area contributed by atoms with E-state index in [-0.39, 0.29) is 16.9 Å². The van der Waals surface area contributed by atoms with Gasteiger partial charge in [-0.15, -0.1) is 0 Å². The molecule has 136 valence electrons. The molecular formula is C20H23N3O2S. The van der Waals surface area contributed by atoms with Crippen molar-refractivity contribution in [2.75, 3.05) is 12.4 Å². The largest absolute Gasteiger partial charge is 0.359 e. The summed E-state index contributed by atoms with van der Waals surface area (Å²) in [5.74, 6) is -0.0971. The predicted octanol–water partition coefficient (Wildman–Crippen LogP) is 2.81. The monoisotopic (exact) mass is 369 g/mol. The number of hydrogen-bond acceptors (Lipinski definition) is 3. The van der Waals surface area contributed by atoms with Gasteiger partial charge in [0.05, 0.1) is 0 Å². The van der Waals surface area contributed by atoms with Crippen molar-refractivity contribution in [1.82, 2.24) is 10.6 Å². The Morgan fingerprint density at radius 3 is 2.04 bits per heavy atom. The van der Waals surface area contributed by atoms with Crippen LogP contribution >= 0.6 is 12.2 Å². The highest BCUT2D eigenvalue weighted by atomic mass is 32.1. The van der Waals surface area contributed by atoms with Gasteiger partial charge in [0.25, 0.3) is 0 Å². The number of nitrogens with one attached hydrogen (secondary N) is 3. The molecule has 26 heavy (non-hydrogen) atoms. The van der Waals surface area contributed by atoms with Crippen LogP contribution in [0.2, 0.25) is 0 Å². The van der Waals surface area contributed by atoms with Gasteiger partial charge in [-0.1, -0.05) is 42.5 Å². The van der Waals surface area contributed by atoms with E-state index in [2.05, 4.69) is 16.0 Å². The Kier molecular flexibility index (Phi) is 7.76. The molecule has 3 N–H and O–H groups in total. The molecule has 0 saturated carbocycles. The fraction of sp³-hybridized carbons (Fsp3) is 0.250. The standard InChI is InChI=1S/C20H23N3O2S/c1-21-18(24)13-9-16-7-11-17(12-8-16)22-20(26)23-19(25)14-10-15-5-3-2-4-6-15/h2-8,11-12H,9-10,13-14H2,1H3,(H,21,24)(H2,22,23,25,26). The Bertz CT molecular complexity index is 745. The number of carbonyl (C=O) groups excluding carboxylic acids is 2. The van der Waals surface area contributed by atoms with E-state index < -0.39 is 0 Å². The van der Waals surface area contributed by atoms with Gasteiger partial charge in [-0.3, -0.25) is 9.59 Å². The highest BCUT2D eigenvalue weighted by Gasteiger charge is 2.06. The van der Waals surface area contributed by atoms with Crippen LogP contribution in [0.4, 0.5) is 5.69 Å². The average molecular weight is 369 g/mol. The van der Waals surface area contributed by atoms with Crippen molar-refractivity contribution in [3.8, 4) is 0 Å². The Balaban J connectivity index is 1.74. The Hall–Kier alpha value is -2.73. The average Bonchev–Trinajstić information content (AvgIpc) is 2.66. The quantitative estimate of drug-likeness (QED) is 0.657. The maximum absolute atomic E-state index is 12.0. The third-order valence-corrected chi connectivity index (χ3v) is 4.07. The molecule has 0 aliphatic rings. The van der Waals surface area contributed by atoms with Crippen molar-refractivity contribution < 1.29 is 9.59 Å². The molecule has 0 bridgehead atoms. The third kappa shape index (κ3) is 7.03. The molecule has 2 aromatic carbocycles. The SMILES string of the molecule is CNC(=O)CCc1ccc(NC(=S)NC(=O)CCc2ccccc2)cc1. The number of rotatable bonds is 7. The Morgan fingerprint density at radius 1 is 0.846 bits per heavy atom. The van der Waals surface area contributed by atoms with Crippen molar-refractivity contribution in [2.45, 2.75) is 25.7 Å². The van der Waals surface area contributed by atoms with Crippen LogP contribution in [0, 0.1) is 0 Å². The fourth-order valence-electron chi connectivity index (χ4n) is 2.39. The minimum atomic E-state index is -0.117. The molecular weight excluding hydrogens is 346 g/mol. The van der Waals surface area contributed by atoms with E-state index >= 15 is 0 Å². The maximum Gasteiger partial charge on any atom is 0.226 e. The highest BCUT2D eigenvalue weighted by molar-refractivity contribution is 7.80. The first-order chi connectivity index (χ1) is 12.6. The number of thiocarbonyl (C=S) groups is 1. The summed E-state index contributed by atoms with van der Waals surface area (Å²) in [6.07, 6.45) is 2.19. The number of benzene rings is 2. The van der Waals surface area contributed by atoms with Crippen molar-refractivity contribution >= 4 is 34.8 Å². The molecule has 0 unspecified atom stereocenters. The number of carbonyl (C=O) groups is 2. The summed E-state index contributed by atoms with van der Waals surface area (Å²) in [5.41, 5.74) is 2.98. The molecule has 2 rings (SSSR count). The smallest absolute Gasteiger partial charge is 0.226 e. The molecule has 6 heteroatoms. The van der Waals surface area contributed by atoms with E-state index in [1.54, 1.807) is 7.05 Å². The van der Waals surface area contributed by atoms with E-state index in [1.165, 1.54) is 0 Å². The number of amides is 2. The van der Waals surface area contributed by atoms with E-state index in [1.807, 2.05) is 54.6 Å². The summed E-state index contributed by atoms with van der Waals surface area (Å²) >= 11 is 5.18. The van der Waals surface area contributed by atoms with Crippen LogP contribution in [0.15, 0.2) is 54.6 Å². The minimum absolute atomic E-state index is 0.0200. The Labute approximate surface area is 159 Å². The lowest BCUT2D eigenvalue weighted by Gasteiger charge is -2.10. The molecule has 0 fully saturated rings. The van der Waals surface area contributed by atoms with Crippen LogP contribution in [0.5, 0.6) is 0 Å². The van der Waals surface area contributed by atoms with Gasteiger partial charge in [0.15, 0.2) is 5.11 Å². The third-order valence-electron chi connectivity index (χ3n) is 3.87. The van der Waals surface area contributed by atoms with Crippen LogP contribution < -0.4 is 16.0 Å². The van der Waals surface area contributed by atoms with Gasteiger partial charge in [0, 0.05) is 25.6 Å². The van der Waals surface area contributed by atoms with E-state index in [0.717, 1.165) is 16.8 Å². The molecule has 2 aromatic rings. The predicted molar refractivity (Wildman–Crippen MR) is 108 cm³/mol. The molecule has 5 nitrogen and oxygen atoms in total. The van der Waals surface area contributed by atoms with Crippen LogP contribution in [0.25, 0.3) is 0 Å². The zero-order valence-electron chi connectivity index (χ0n) is 14.7. The highest BCUT2D eigenvalue weighted by Crippen LogP contribution is 2.11. The molecule has 0 aromatic heterocycles. The normalized spacial score (nSPS) is 10.0. The zero-order chi connectivity index (χ0) is 18.8. The minimum Gasteiger partial charge on any atom is -0.359 e. The van der Waals surface area contributed by atoms with Gasteiger partial charge in [-0.25, -0.2) is 0 Å². The van der Waals surface area contributed by atoms with Gasteiger partial charge in [-0.2, -0.15) is 0 Å². The zero-order valence-corrected chi connectivity index (χ0v) is 15.6. The fourth-order valence-corrected chi connectivity index (χ4v) is 2.62. The van der Waals surface area contributed by atoms with Crippen LogP contribution in [-0.2, 0) is 22.4 Å². The van der Waals surface area contributed by atoms with Crippen molar-refractivity contribution in [1.29, 1.82) is 0 Å². The van der Waals surface area contributed by atoms with E-state index in [4.69, 9.17) is 12.2 Å². The van der Waals surface area contributed by atoms with E-state index in [0.29, 0.717) is 25.7 Å². The van der Waals surface area contributed by atoms with Gasteiger partial charge in [0.2, 0.25) is 11.8 Å². The van der Waals surface area contributed by atoms with Gasteiger partial charge in [-0.05, 0) is 48.3 Å². The summed E-state index contributed by atoms with van der Waals surface area (Å²) in [6.45, 7) is 0. The molecule has 0 aliphatic heterocycles. The van der Waals surface area contributed by atoms with Crippen LogP contribution in [0.3, 0.4) is 0 Å². The first-order valence-electron chi connectivity index (χ1n) is 8.51. The molecule has 0 spiro atoms. The summed E-state index contributed by atoms with van der Waals surface area (Å²) in [6, 6.07) is 17.5. The lowest BCUT2D eigenvalue weighted by Crippen LogP contribution is -2.34. The lowest BCUT2D eigenvalue weighted by atomic mass is 10.1. The second-order valence-corrected chi connectivity index (χ2v) is 6.27. The summed E-state index contributed by atoms with van der Waals surface area (Å²) < 4.78 is 0. The number of aryl methyl sites for hydroxylation is 2. The Morgan fingerprint density at radius 2 is 1.42 bits per heavy atom. The van der Waals surface area contributed by atoms with Crippen molar-refractivity contribution in [3.05, 3.63) is 65.7 Å². The summed E-state index contributed by atoms with van der Waals surface area (Å²) in [5, 5.41) is 8.57. The second kappa shape index (κ2) is 10.3. The second-order valence-electron chi connectivity index (χ2n) is 5.86. The molecule has 0 atom stereocenters. The number of hydrogen-bond donors (Lipinski definition) is 3.